The SMILES string of the molecule is N#CCc1cc(C(F)F)c(I)c(CBr)n1. The minimum atomic E-state index is -2.53. The van der Waals surface area contributed by atoms with E-state index in [-0.39, 0.29) is 12.0 Å². The quantitative estimate of drug-likeness (QED) is 0.588. The molecule has 6 heteroatoms. The van der Waals surface area contributed by atoms with Crippen molar-refractivity contribution in [2.24, 2.45) is 0 Å². The van der Waals surface area contributed by atoms with Crippen LogP contribution in [0.4, 0.5) is 8.78 Å². The van der Waals surface area contributed by atoms with Gasteiger partial charge in [0.1, 0.15) is 0 Å². The highest BCUT2D eigenvalue weighted by Gasteiger charge is 2.16. The van der Waals surface area contributed by atoms with Crippen LogP contribution in [-0.2, 0) is 11.8 Å². The average Bonchev–Trinajstić information content (AvgIpc) is 2.20. The zero-order valence-corrected chi connectivity index (χ0v) is 11.2. The third-order valence-corrected chi connectivity index (χ3v) is 3.51. The van der Waals surface area contributed by atoms with Crippen LogP contribution < -0.4 is 0 Å². The second-order valence-electron chi connectivity index (χ2n) is 2.73. The predicted octanol–water partition coefficient (Wildman–Crippen LogP) is 3.58. The van der Waals surface area contributed by atoms with E-state index in [1.807, 2.05) is 28.7 Å². The molecule has 0 saturated carbocycles. The van der Waals surface area contributed by atoms with Crippen LogP contribution in [0.3, 0.4) is 0 Å². The molecule has 0 N–H and O–H groups in total. The molecule has 0 fully saturated rings. The molecule has 1 aromatic rings. The normalized spacial score (nSPS) is 10.4. The van der Waals surface area contributed by atoms with Crippen molar-refractivity contribution in [2.75, 3.05) is 0 Å². The number of rotatable bonds is 3. The summed E-state index contributed by atoms with van der Waals surface area (Å²) in [5, 5.41) is 8.90. The van der Waals surface area contributed by atoms with E-state index < -0.39 is 6.43 Å². The lowest BCUT2D eigenvalue weighted by Crippen LogP contribution is -2.02. The summed E-state index contributed by atoms with van der Waals surface area (Å²) in [5.74, 6) is 0. The van der Waals surface area contributed by atoms with Crippen molar-refractivity contribution in [3.63, 3.8) is 0 Å². The van der Waals surface area contributed by atoms with Crippen molar-refractivity contribution in [1.29, 1.82) is 5.26 Å². The Morgan fingerprint density at radius 2 is 2.27 bits per heavy atom. The zero-order valence-electron chi connectivity index (χ0n) is 7.48. The van der Waals surface area contributed by atoms with Gasteiger partial charge in [0.05, 0.1) is 23.9 Å². The van der Waals surface area contributed by atoms with Crippen LogP contribution in [0, 0.1) is 14.9 Å². The Morgan fingerprint density at radius 1 is 1.60 bits per heavy atom. The van der Waals surface area contributed by atoms with E-state index in [1.165, 1.54) is 6.07 Å². The first-order chi connectivity index (χ1) is 7.10. The number of hydrogen-bond donors (Lipinski definition) is 0. The summed E-state index contributed by atoms with van der Waals surface area (Å²) in [6.45, 7) is 0. The number of pyridine rings is 1. The predicted molar refractivity (Wildman–Crippen MR) is 63.9 cm³/mol. The Balaban J connectivity index is 3.26. The van der Waals surface area contributed by atoms with Crippen LogP contribution >= 0.6 is 38.5 Å². The largest absolute Gasteiger partial charge is 0.265 e. The number of halogens is 4. The van der Waals surface area contributed by atoms with E-state index in [0.29, 0.717) is 20.3 Å². The molecule has 0 spiro atoms. The topological polar surface area (TPSA) is 36.7 Å². The van der Waals surface area contributed by atoms with Crippen molar-refractivity contribution in [1.82, 2.24) is 4.98 Å². The van der Waals surface area contributed by atoms with E-state index in [1.54, 1.807) is 0 Å². The van der Waals surface area contributed by atoms with Crippen LogP contribution in [0.5, 0.6) is 0 Å². The van der Waals surface area contributed by atoms with Crippen molar-refractivity contribution in [2.45, 2.75) is 18.2 Å². The molecule has 0 aliphatic carbocycles. The zero-order chi connectivity index (χ0) is 11.4. The van der Waals surface area contributed by atoms with Gasteiger partial charge < -0.3 is 0 Å². The van der Waals surface area contributed by atoms with E-state index >= 15 is 0 Å². The second kappa shape index (κ2) is 5.70. The summed E-state index contributed by atoms with van der Waals surface area (Å²) in [5.41, 5.74) is 0.895. The summed E-state index contributed by atoms with van der Waals surface area (Å²) >= 11 is 5.03. The van der Waals surface area contributed by atoms with E-state index in [4.69, 9.17) is 5.26 Å². The van der Waals surface area contributed by atoms with Gasteiger partial charge in [0.25, 0.3) is 6.43 Å². The van der Waals surface area contributed by atoms with E-state index in [0.717, 1.165) is 0 Å². The molecule has 0 unspecified atom stereocenters. The maximum absolute atomic E-state index is 12.6. The fourth-order valence-corrected chi connectivity index (χ4v) is 2.72. The monoisotopic (exact) mass is 386 g/mol. The first kappa shape index (κ1) is 12.8. The highest BCUT2D eigenvalue weighted by Crippen LogP contribution is 2.28. The molecule has 0 aliphatic rings. The van der Waals surface area contributed by atoms with Crippen LogP contribution in [0.2, 0.25) is 0 Å². The fraction of sp³-hybridized carbons (Fsp3) is 0.333. The molecule has 1 rings (SSSR count). The number of nitriles is 1. The highest BCUT2D eigenvalue weighted by atomic mass is 127. The van der Waals surface area contributed by atoms with Gasteiger partial charge in [-0.3, -0.25) is 4.98 Å². The molecule has 0 bridgehead atoms. The lowest BCUT2D eigenvalue weighted by molar-refractivity contribution is 0.150. The van der Waals surface area contributed by atoms with Gasteiger partial charge in [0.15, 0.2) is 0 Å². The highest BCUT2D eigenvalue weighted by molar-refractivity contribution is 14.1. The maximum atomic E-state index is 12.6. The van der Waals surface area contributed by atoms with E-state index in [9.17, 15) is 8.78 Å². The van der Waals surface area contributed by atoms with Crippen LogP contribution in [0.1, 0.15) is 23.4 Å². The smallest absolute Gasteiger partial charge is 0.255 e. The van der Waals surface area contributed by atoms with Crippen molar-refractivity contribution < 1.29 is 8.78 Å². The maximum Gasteiger partial charge on any atom is 0.265 e. The van der Waals surface area contributed by atoms with Crippen LogP contribution in [0.25, 0.3) is 0 Å². The molecule has 0 aliphatic heterocycles. The Labute approximate surface area is 108 Å². The first-order valence-electron chi connectivity index (χ1n) is 3.99. The van der Waals surface area contributed by atoms with Crippen LogP contribution in [0.15, 0.2) is 6.07 Å². The average molecular weight is 387 g/mol. The molecule has 15 heavy (non-hydrogen) atoms. The summed E-state index contributed by atoms with van der Waals surface area (Å²) in [7, 11) is 0. The fourth-order valence-electron chi connectivity index (χ4n) is 1.08. The number of nitrogens with zero attached hydrogens (tertiary/aromatic N) is 2. The number of hydrogen-bond acceptors (Lipinski definition) is 2. The molecule has 2 nitrogen and oxygen atoms in total. The lowest BCUT2D eigenvalue weighted by Gasteiger charge is -2.08. The van der Waals surface area contributed by atoms with Gasteiger partial charge in [0.2, 0.25) is 0 Å². The molecule has 0 amide bonds. The van der Waals surface area contributed by atoms with Gasteiger partial charge >= 0.3 is 0 Å². The molecule has 0 atom stereocenters. The second-order valence-corrected chi connectivity index (χ2v) is 4.37. The molecule has 0 radical (unpaired) electrons. The molecule has 0 saturated heterocycles. The summed E-state index contributed by atoms with van der Waals surface area (Å²) < 4.78 is 25.7. The first-order valence-corrected chi connectivity index (χ1v) is 6.19. The van der Waals surface area contributed by atoms with Gasteiger partial charge in [-0.1, -0.05) is 15.9 Å². The standard InChI is InChI=1S/C9H6BrF2IN2/c10-4-7-8(13)6(9(11)12)3-5(15-7)1-2-14/h3,9H,1,4H2. The molecule has 80 valence electrons. The minimum absolute atomic E-state index is 0.0506. The Bertz CT molecular complexity index is 404. The van der Waals surface area contributed by atoms with Gasteiger partial charge in [-0.25, -0.2) is 8.78 Å². The summed E-state index contributed by atoms with van der Waals surface area (Å²) in [6.07, 6.45) is -2.48. The third-order valence-electron chi connectivity index (χ3n) is 1.73. The molecule has 1 heterocycles. The molecular weight excluding hydrogens is 381 g/mol. The number of aromatic nitrogens is 1. The van der Waals surface area contributed by atoms with Gasteiger partial charge in [-0.05, 0) is 28.7 Å². The molecular formula is C9H6BrF2IN2. The van der Waals surface area contributed by atoms with Crippen molar-refractivity contribution in [3.8, 4) is 6.07 Å². The summed E-state index contributed by atoms with van der Waals surface area (Å²) in [4.78, 5) is 4.11. The minimum Gasteiger partial charge on any atom is -0.255 e. The van der Waals surface area contributed by atoms with Gasteiger partial charge in [0, 0.05) is 14.5 Å². The van der Waals surface area contributed by atoms with Gasteiger partial charge in [-0.2, -0.15) is 5.26 Å². The van der Waals surface area contributed by atoms with Crippen molar-refractivity contribution in [3.05, 3.63) is 26.6 Å². The third kappa shape index (κ3) is 3.08. The van der Waals surface area contributed by atoms with Crippen LogP contribution in [-0.4, -0.2) is 4.98 Å². The van der Waals surface area contributed by atoms with E-state index in [2.05, 4.69) is 20.9 Å². The van der Waals surface area contributed by atoms with Crippen molar-refractivity contribution >= 4 is 38.5 Å². The molecule has 0 aromatic carbocycles. The molecule has 1 aromatic heterocycles. The Morgan fingerprint density at radius 3 is 2.73 bits per heavy atom. The Kier molecular flexibility index (Phi) is 4.86. The lowest BCUT2D eigenvalue weighted by atomic mass is 10.2. The number of alkyl halides is 3. The van der Waals surface area contributed by atoms with Gasteiger partial charge in [-0.15, -0.1) is 0 Å². The summed E-state index contributed by atoms with van der Waals surface area (Å²) in [6, 6.07) is 3.19. The Hall–Kier alpha value is -0.290.